The van der Waals surface area contributed by atoms with Crippen LogP contribution in [0.1, 0.15) is 20.3 Å². The molecule has 2 aromatic rings. The molecular weight excluding hydrogens is 247 g/mol. The Morgan fingerprint density at radius 1 is 1.47 bits per heavy atom. The maximum Gasteiger partial charge on any atom is 0.221 e. The molecule has 0 saturated carbocycles. The molecule has 1 aromatic carbocycles. The van der Waals surface area contributed by atoms with Gasteiger partial charge < -0.3 is 15.6 Å². The second-order valence-corrected chi connectivity index (χ2v) is 4.65. The van der Waals surface area contributed by atoms with Crippen molar-refractivity contribution in [3.05, 3.63) is 24.0 Å². The molecule has 0 spiro atoms. The van der Waals surface area contributed by atoms with Crippen molar-refractivity contribution in [2.24, 2.45) is 0 Å². The van der Waals surface area contributed by atoms with Gasteiger partial charge in [0.25, 0.3) is 0 Å². The lowest BCUT2D eigenvalue weighted by Crippen LogP contribution is -2.31. The van der Waals surface area contributed by atoms with Crippen LogP contribution in [0.15, 0.2) is 18.2 Å². The Labute approximate surface area is 110 Å². The molecule has 5 nitrogen and oxygen atoms in total. The molecule has 0 bridgehead atoms. The molecule has 1 amide bonds. The monoisotopic (exact) mass is 264 g/mol. The van der Waals surface area contributed by atoms with Crippen LogP contribution in [0.25, 0.3) is 11.0 Å². The maximum absolute atomic E-state index is 13.0. The van der Waals surface area contributed by atoms with Crippen molar-refractivity contribution in [1.82, 2.24) is 15.3 Å². The molecule has 0 atom stereocenters. The van der Waals surface area contributed by atoms with Gasteiger partial charge in [-0.05, 0) is 32.0 Å². The number of benzene rings is 1. The molecule has 102 valence electrons. The molecule has 0 aliphatic rings. The van der Waals surface area contributed by atoms with Crippen LogP contribution in [-0.4, -0.2) is 28.5 Å². The van der Waals surface area contributed by atoms with Crippen LogP contribution in [0, 0.1) is 5.82 Å². The van der Waals surface area contributed by atoms with Gasteiger partial charge in [0.15, 0.2) is 0 Å². The summed E-state index contributed by atoms with van der Waals surface area (Å²) in [5.74, 6) is 0.224. The first kappa shape index (κ1) is 13.3. The quantitative estimate of drug-likeness (QED) is 0.774. The fourth-order valence-corrected chi connectivity index (χ4v) is 1.75. The average molecular weight is 264 g/mol. The van der Waals surface area contributed by atoms with Gasteiger partial charge in [-0.3, -0.25) is 4.79 Å². The predicted molar refractivity (Wildman–Crippen MR) is 72.4 cm³/mol. The van der Waals surface area contributed by atoms with E-state index in [-0.39, 0.29) is 17.8 Å². The van der Waals surface area contributed by atoms with Crippen LogP contribution in [0.2, 0.25) is 0 Å². The van der Waals surface area contributed by atoms with E-state index in [0.29, 0.717) is 29.9 Å². The van der Waals surface area contributed by atoms with Crippen molar-refractivity contribution in [2.75, 3.05) is 11.9 Å². The fraction of sp³-hybridized carbons (Fsp3) is 0.385. The van der Waals surface area contributed by atoms with E-state index in [1.54, 1.807) is 6.07 Å². The van der Waals surface area contributed by atoms with Gasteiger partial charge in [0.05, 0.1) is 11.0 Å². The van der Waals surface area contributed by atoms with E-state index >= 15 is 0 Å². The van der Waals surface area contributed by atoms with E-state index in [2.05, 4.69) is 20.6 Å². The number of amides is 1. The number of H-pyrrole nitrogens is 1. The summed E-state index contributed by atoms with van der Waals surface area (Å²) in [4.78, 5) is 18.6. The number of hydrogen-bond donors (Lipinski definition) is 3. The highest BCUT2D eigenvalue weighted by Crippen LogP contribution is 2.15. The lowest BCUT2D eigenvalue weighted by molar-refractivity contribution is -0.121. The number of imidazole rings is 1. The van der Waals surface area contributed by atoms with Gasteiger partial charge in [-0.2, -0.15) is 0 Å². The molecule has 0 saturated heterocycles. The average Bonchev–Trinajstić information content (AvgIpc) is 2.69. The minimum atomic E-state index is -0.306. The Morgan fingerprint density at radius 2 is 2.26 bits per heavy atom. The lowest BCUT2D eigenvalue weighted by Gasteiger charge is -2.08. The van der Waals surface area contributed by atoms with Gasteiger partial charge in [0.2, 0.25) is 11.9 Å². The molecule has 0 fully saturated rings. The second-order valence-electron chi connectivity index (χ2n) is 4.65. The molecular formula is C13H17FN4O. The number of carbonyl (C=O) groups is 1. The Hall–Kier alpha value is -2.11. The third-order valence-corrected chi connectivity index (χ3v) is 2.54. The molecule has 0 aliphatic heterocycles. The summed E-state index contributed by atoms with van der Waals surface area (Å²) in [7, 11) is 0. The Kier molecular flexibility index (Phi) is 3.99. The van der Waals surface area contributed by atoms with E-state index < -0.39 is 0 Å². The van der Waals surface area contributed by atoms with Gasteiger partial charge in [-0.25, -0.2) is 9.37 Å². The van der Waals surface area contributed by atoms with Gasteiger partial charge in [0.1, 0.15) is 5.82 Å². The molecule has 0 unspecified atom stereocenters. The largest absolute Gasteiger partial charge is 0.355 e. The maximum atomic E-state index is 13.0. The highest BCUT2D eigenvalue weighted by atomic mass is 19.1. The highest BCUT2D eigenvalue weighted by molar-refractivity contribution is 5.78. The van der Waals surface area contributed by atoms with E-state index in [1.807, 2.05) is 13.8 Å². The fourth-order valence-electron chi connectivity index (χ4n) is 1.75. The summed E-state index contributed by atoms with van der Waals surface area (Å²) in [6.45, 7) is 4.30. The molecule has 3 N–H and O–H groups in total. The first-order chi connectivity index (χ1) is 9.04. The number of aromatic nitrogens is 2. The minimum absolute atomic E-state index is 0.00958. The zero-order valence-electron chi connectivity index (χ0n) is 11.0. The van der Waals surface area contributed by atoms with E-state index in [0.717, 1.165) is 0 Å². The number of halogens is 1. The van der Waals surface area contributed by atoms with E-state index in [1.165, 1.54) is 12.1 Å². The van der Waals surface area contributed by atoms with E-state index in [4.69, 9.17) is 0 Å². The molecule has 0 aliphatic carbocycles. The zero-order chi connectivity index (χ0) is 13.8. The van der Waals surface area contributed by atoms with Gasteiger partial charge in [-0.15, -0.1) is 0 Å². The topological polar surface area (TPSA) is 69.8 Å². The van der Waals surface area contributed by atoms with Crippen LogP contribution in [0.5, 0.6) is 0 Å². The molecule has 19 heavy (non-hydrogen) atoms. The van der Waals surface area contributed by atoms with Crippen LogP contribution in [-0.2, 0) is 4.79 Å². The zero-order valence-corrected chi connectivity index (χ0v) is 11.0. The molecule has 1 aromatic heterocycles. The van der Waals surface area contributed by atoms with Crippen molar-refractivity contribution in [3.8, 4) is 0 Å². The SMILES string of the molecule is CC(C)NC(=O)CCNc1nc2ccc(F)cc2[nH]1. The van der Waals surface area contributed by atoms with Crippen molar-refractivity contribution in [1.29, 1.82) is 0 Å². The third-order valence-electron chi connectivity index (χ3n) is 2.54. The smallest absolute Gasteiger partial charge is 0.221 e. The summed E-state index contributed by atoms with van der Waals surface area (Å²) in [5, 5.41) is 5.81. The number of carbonyl (C=O) groups excluding carboxylic acids is 1. The summed E-state index contributed by atoms with van der Waals surface area (Å²) in [6, 6.07) is 4.50. The number of aromatic amines is 1. The Balaban J connectivity index is 1.89. The van der Waals surface area contributed by atoms with Gasteiger partial charge in [-0.1, -0.05) is 0 Å². The van der Waals surface area contributed by atoms with Gasteiger partial charge >= 0.3 is 0 Å². The van der Waals surface area contributed by atoms with Crippen LogP contribution in [0.4, 0.5) is 10.3 Å². The normalized spacial score (nSPS) is 10.9. The number of nitrogens with one attached hydrogen (secondary N) is 3. The molecule has 1 heterocycles. The van der Waals surface area contributed by atoms with E-state index in [9.17, 15) is 9.18 Å². The Bertz CT molecular complexity index is 579. The number of hydrogen-bond acceptors (Lipinski definition) is 3. The molecule has 0 radical (unpaired) electrons. The van der Waals surface area contributed by atoms with Crippen LogP contribution >= 0.6 is 0 Å². The number of anilines is 1. The van der Waals surface area contributed by atoms with Gasteiger partial charge in [0, 0.05) is 19.0 Å². The lowest BCUT2D eigenvalue weighted by atomic mass is 10.3. The summed E-state index contributed by atoms with van der Waals surface area (Å²) >= 11 is 0. The summed E-state index contributed by atoms with van der Waals surface area (Å²) < 4.78 is 13.0. The first-order valence-electron chi connectivity index (χ1n) is 6.23. The second kappa shape index (κ2) is 5.69. The van der Waals surface area contributed by atoms with Crippen LogP contribution in [0.3, 0.4) is 0 Å². The number of rotatable bonds is 5. The highest BCUT2D eigenvalue weighted by Gasteiger charge is 2.05. The van der Waals surface area contributed by atoms with Crippen molar-refractivity contribution in [2.45, 2.75) is 26.3 Å². The molecule has 2 rings (SSSR count). The summed E-state index contributed by atoms with van der Waals surface area (Å²) in [5.41, 5.74) is 1.32. The van der Waals surface area contributed by atoms with Crippen molar-refractivity contribution < 1.29 is 9.18 Å². The third kappa shape index (κ3) is 3.67. The standard InChI is InChI=1S/C13H17FN4O/c1-8(2)16-12(19)5-6-15-13-17-10-4-3-9(14)7-11(10)18-13/h3-4,7-8H,5-6H2,1-2H3,(H,16,19)(H2,15,17,18). The van der Waals surface area contributed by atoms with Crippen LogP contribution < -0.4 is 10.6 Å². The van der Waals surface area contributed by atoms with Crippen molar-refractivity contribution >= 4 is 22.9 Å². The Morgan fingerprint density at radius 3 is 3.00 bits per heavy atom. The summed E-state index contributed by atoms with van der Waals surface area (Å²) in [6.07, 6.45) is 0.365. The minimum Gasteiger partial charge on any atom is -0.355 e. The number of nitrogens with zero attached hydrogens (tertiary/aromatic N) is 1. The first-order valence-corrected chi connectivity index (χ1v) is 6.23. The predicted octanol–water partition coefficient (Wildman–Crippen LogP) is 2.03. The van der Waals surface area contributed by atoms with Crippen molar-refractivity contribution in [3.63, 3.8) is 0 Å². The molecule has 6 heteroatoms. The number of fused-ring (bicyclic) bond motifs is 1.